The summed E-state index contributed by atoms with van der Waals surface area (Å²) in [6, 6.07) is -0.866. The average Bonchev–Trinajstić information content (AvgIpc) is 2.83. The number of aliphatic hydroxyl groups excluding tert-OH is 1. The minimum absolute atomic E-state index is 0.0566. The van der Waals surface area contributed by atoms with Crippen LogP contribution in [0.3, 0.4) is 0 Å². The highest BCUT2D eigenvalue weighted by atomic mass is 16.6. The second kappa shape index (κ2) is 7.45. The van der Waals surface area contributed by atoms with Crippen molar-refractivity contribution in [3.63, 3.8) is 0 Å². The first-order valence-electron chi connectivity index (χ1n) is 7.30. The third kappa shape index (κ3) is 5.38. The molecule has 1 aliphatic heterocycles. The Kier molecular flexibility index (Phi) is 6.20. The van der Waals surface area contributed by atoms with Crippen LogP contribution in [0.2, 0.25) is 0 Å². The van der Waals surface area contributed by atoms with E-state index < -0.39 is 17.7 Å². The molecule has 0 aromatic carbocycles. The average molecular weight is 298 g/mol. The van der Waals surface area contributed by atoms with Gasteiger partial charge in [0.2, 0.25) is 5.91 Å². The van der Waals surface area contributed by atoms with E-state index in [1.807, 2.05) is 0 Å². The minimum Gasteiger partial charge on any atom is -0.444 e. The quantitative estimate of drug-likeness (QED) is 0.753. The molecule has 1 rings (SSSR count). The van der Waals surface area contributed by atoms with Crippen LogP contribution >= 0.6 is 0 Å². The number of likely N-dealkylation sites (tertiary alicyclic amines) is 1. The van der Waals surface area contributed by atoms with Crippen LogP contribution in [-0.2, 0) is 9.53 Å². The first-order valence-corrected chi connectivity index (χ1v) is 7.30. The third-order valence-electron chi connectivity index (χ3n) is 3.26. The number of hydrogen-bond acceptors (Lipinski definition) is 4. The van der Waals surface area contributed by atoms with E-state index in [9.17, 15) is 14.7 Å². The second-order valence-electron chi connectivity index (χ2n) is 6.23. The molecular weight excluding hydrogens is 272 g/mol. The lowest BCUT2D eigenvalue weighted by Crippen LogP contribution is -2.51. The van der Waals surface area contributed by atoms with E-state index in [1.54, 1.807) is 31.7 Å². The van der Waals surface area contributed by atoms with Gasteiger partial charge in [0.25, 0.3) is 0 Å². The Morgan fingerprint density at radius 1 is 1.52 bits per heavy atom. The molecule has 0 saturated carbocycles. The zero-order valence-electron chi connectivity index (χ0n) is 13.1. The largest absolute Gasteiger partial charge is 0.444 e. The molecule has 6 nitrogen and oxygen atoms in total. The number of carbonyl (C=O) groups is 2. The maximum absolute atomic E-state index is 12.5. The Bertz CT molecular complexity index is 390. The Labute approximate surface area is 126 Å². The van der Waals surface area contributed by atoms with Crippen LogP contribution in [0, 0.1) is 0 Å². The van der Waals surface area contributed by atoms with Gasteiger partial charge >= 0.3 is 6.09 Å². The highest BCUT2D eigenvalue weighted by molar-refractivity contribution is 5.86. The maximum Gasteiger partial charge on any atom is 0.408 e. The number of amides is 2. The predicted octanol–water partition coefficient (Wildman–Crippen LogP) is 1.44. The first-order chi connectivity index (χ1) is 9.78. The van der Waals surface area contributed by atoms with Crippen LogP contribution in [-0.4, -0.2) is 52.8 Å². The van der Waals surface area contributed by atoms with Gasteiger partial charge in [-0.3, -0.25) is 4.79 Å². The lowest BCUT2D eigenvalue weighted by atomic mass is 10.1. The number of alkyl carbamates (subject to hydrolysis) is 1. The van der Waals surface area contributed by atoms with Crippen LogP contribution in [0.1, 0.15) is 40.0 Å². The van der Waals surface area contributed by atoms with E-state index in [0.717, 1.165) is 12.8 Å². The lowest BCUT2D eigenvalue weighted by molar-refractivity contribution is -0.135. The molecule has 21 heavy (non-hydrogen) atoms. The van der Waals surface area contributed by atoms with Crippen molar-refractivity contribution in [2.75, 3.05) is 13.2 Å². The van der Waals surface area contributed by atoms with Crippen molar-refractivity contribution in [2.45, 2.75) is 57.7 Å². The van der Waals surface area contributed by atoms with Crippen molar-refractivity contribution >= 4 is 12.0 Å². The summed E-state index contributed by atoms with van der Waals surface area (Å²) in [5, 5.41) is 11.9. The zero-order chi connectivity index (χ0) is 16.0. The van der Waals surface area contributed by atoms with Crippen molar-refractivity contribution in [3.8, 4) is 0 Å². The maximum atomic E-state index is 12.5. The molecule has 1 heterocycles. The van der Waals surface area contributed by atoms with Crippen molar-refractivity contribution in [1.82, 2.24) is 10.2 Å². The summed E-state index contributed by atoms with van der Waals surface area (Å²) in [5.41, 5.74) is -0.618. The summed E-state index contributed by atoms with van der Waals surface area (Å²) in [6.07, 6.45) is 2.94. The lowest BCUT2D eigenvalue weighted by Gasteiger charge is -2.28. The minimum atomic E-state index is -0.704. The van der Waals surface area contributed by atoms with E-state index in [4.69, 9.17) is 4.74 Å². The van der Waals surface area contributed by atoms with Crippen LogP contribution in [0.15, 0.2) is 12.7 Å². The summed E-state index contributed by atoms with van der Waals surface area (Å²) in [7, 11) is 0. The highest BCUT2D eigenvalue weighted by Crippen LogP contribution is 2.18. The van der Waals surface area contributed by atoms with Gasteiger partial charge in [-0.25, -0.2) is 4.79 Å². The highest BCUT2D eigenvalue weighted by Gasteiger charge is 2.33. The normalized spacial score (nSPS) is 20.0. The standard InChI is InChI=1S/C15H26N2O4/c1-5-7-12(16-14(20)21-15(2,3)4)13(19)17-9-6-8-11(17)10-18/h5,11-12,18H,1,6-10H2,2-4H3,(H,16,20)/t11-,12+/m0/s1. The predicted molar refractivity (Wildman–Crippen MR) is 79.8 cm³/mol. The molecule has 1 fully saturated rings. The Balaban J connectivity index is 2.69. The van der Waals surface area contributed by atoms with Crippen LogP contribution < -0.4 is 5.32 Å². The topological polar surface area (TPSA) is 78.9 Å². The van der Waals surface area contributed by atoms with E-state index >= 15 is 0 Å². The van der Waals surface area contributed by atoms with Crippen molar-refractivity contribution in [1.29, 1.82) is 0 Å². The summed E-state index contributed by atoms with van der Waals surface area (Å²) < 4.78 is 5.18. The van der Waals surface area contributed by atoms with Crippen molar-refractivity contribution in [2.24, 2.45) is 0 Å². The number of nitrogens with one attached hydrogen (secondary N) is 1. The summed E-state index contributed by atoms with van der Waals surface area (Å²) in [5.74, 6) is -0.197. The van der Waals surface area contributed by atoms with Crippen LogP contribution in [0.5, 0.6) is 0 Å². The Morgan fingerprint density at radius 3 is 2.71 bits per heavy atom. The SMILES string of the molecule is C=CC[C@@H](NC(=O)OC(C)(C)C)C(=O)N1CCC[C@H]1CO. The summed E-state index contributed by atoms with van der Waals surface area (Å²) in [4.78, 5) is 26.0. The van der Waals surface area contributed by atoms with Gasteiger partial charge in [-0.1, -0.05) is 6.08 Å². The van der Waals surface area contributed by atoms with E-state index in [-0.39, 0.29) is 18.6 Å². The van der Waals surface area contributed by atoms with Crippen LogP contribution in [0.4, 0.5) is 4.79 Å². The molecule has 0 bridgehead atoms. The number of ether oxygens (including phenoxy) is 1. The van der Waals surface area contributed by atoms with Gasteiger partial charge < -0.3 is 20.1 Å². The van der Waals surface area contributed by atoms with E-state index in [2.05, 4.69) is 11.9 Å². The van der Waals surface area contributed by atoms with Crippen LogP contribution in [0.25, 0.3) is 0 Å². The van der Waals surface area contributed by atoms with Gasteiger partial charge in [0.1, 0.15) is 11.6 Å². The molecule has 1 aliphatic rings. The Morgan fingerprint density at radius 2 is 2.19 bits per heavy atom. The molecule has 2 N–H and O–H groups in total. The molecule has 1 saturated heterocycles. The van der Waals surface area contributed by atoms with Crippen molar-refractivity contribution < 1.29 is 19.4 Å². The van der Waals surface area contributed by atoms with Gasteiger partial charge in [0, 0.05) is 6.54 Å². The number of nitrogens with zero attached hydrogens (tertiary/aromatic N) is 1. The third-order valence-corrected chi connectivity index (χ3v) is 3.26. The van der Waals surface area contributed by atoms with Gasteiger partial charge in [-0.2, -0.15) is 0 Å². The summed E-state index contributed by atoms with van der Waals surface area (Å²) in [6.45, 7) is 9.46. The van der Waals surface area contributed by atoms with Gasteiger partial charge in [-0.15, -0.1) is 6.58 Å². The molecule has 2 atom stereocenters. The number of aliphatic hydroxyl groups is 1. The molecule has 0 aliphatic carbocycles. The van der Waals surface area contributed by atoms with Gasteiger partial charge in [-0.05, 0) is 40.0 Å². The Hall–Kier alpha value is -1.56. The van der Waals surface area contributed by atoms with Gasteiger partial charge in [0.15, 0.2) is 0 Å². The molecule has 0 aromatic rings. The molecular formula is C15H26N2O4. The molecule has 0 radical (unpaired) electrons. The molecule has 0 spiro atoms. The summed E-state index contributed by atoms with van der Waals surface area (Å²) >= 11 is 0. The van der Waals surface area contributed by atoms with E-state index in [0.29, 0.717) is 13.0 Å². The molecule has 6 heteroatoms. The van der Waals surface area contributed by atoms with Gasteiger partial charge in [0.05, 0.1) is 12.6 Å². The fraction of sp³-hybridized carbons (Fsp3) is 0.733. The van der Waals surface area contributed by atoms with Crippen molar-refractivity contribution in [3.05, 3.63) is 12.7 Å². The monoisotopic (exact) mass is 298 g/mol. The molecule has 2 amide bonds. The smallest absolute Gasteiger partial charge is 0.408 e. The fourth-order valence-electron chi connectivity index (χ4n) is 2.35. The number of carbonyl (C=O) groups excluding carboxylic acids is 2. The second-order valence-corrected chi connectivity index (χ2v) is 6.23. The number of rotatable bonds is 5. The fourth-order valence-corrected chi connectivity index (χ4v) is 2.35. The number of hydrogen-bond donors (Lipinski definition) is 2. The first kappa shape index (κ1) is 17.5. The molecule has 120 valence electrons. The zero-order valence-corrected chi connectivity index (χ0v) is 13.1. The molecule has 0 unspecified atom stereocenters. The van der Waals surface area contributed by atoms with E-state index in [1.165, 1.54) is 0 Å². The molecule has 0 aromatic heterocycles.